The number of hydrogen-bond acceptors (Lipinski definition) is 6. The Morgan fingerprint density at radius 2 is 1.86 bits per heavy atom. The second-order valence-corrected chi connectivity index (χ2v) is 9.89. The van der Waals surface area contributed by atoms with Gasteiger partial charge in [0.2, 0.25) is 5.95 Å². The van der Waals surface area contributed by atoms with E-state index in [9.17, 15) is 4.79 Å². The number of H-pyrrole nitrogens is 1. The van der Waals surface area contributed by atoms with Crippen LogP contribution in [-0.4, -0.2) is 33.9 Å². The minimum atomic E-state index is -0.156. The molecule has 0 fully saturated rings. The molecule has 0 aliphatic carbocycles. The number of nitrogens with one attached hydrogen (secondary N) is 3. The zero-order valence-electron chi connectivity index (χ0n) is 20.9. The number of anilines is 4. The third kappa shape index (κ3) is 4.64. The highest BCUT2D eigenvalue weighted by Crippen LogP contribution is 2.31. The SMILES string of the molecule is CCN(CC)c1cc2nc(Nc3ccccc3C(C)C)[nH]c2cc1C(=O)Nc1ccc2ncsc2c1. The number of hydrogen-bond donors (Lipinski definition) is 3. The first kappa shape index (κ1) is 23.8. The smallest absolute Gasteiger partial charge is 0.257 e. The van der Waals surface area contributed by atoms with Gasteiger partial charge in [0, 0.05) is 24.5 Å². The first-order valence-electron chi connectivity index (χ1n) is 12.3. The summed E-state index contributed by atoms with van der Waals surface area (Å²) in [7, 11) is 0. The lowest BCUT2D eigenvalue weighted by Crippen LogP contribution is -2.25. The van der Waals surface area contributed by atoms with Crippen molar-refractivity contribution >= 4 is 61.5 Å². The predicted octanol–water partition coefficient (Wildman–Crippen LogP) is 7.14. The van der Waals surface area contributed by atoms with Gasteiger partial charge in [0.05, 0.1) is 38.0 Å². The van der Waals surface area contributed by atoms with E-state index >= 15 is 0 Å². The molecule has 184 valence electrons. The van der Waals surface area contributed by atoms with Crippen LogP contribution in [0.5, 0.6) is 0 Å². The molecular weight excluding hydrogens is 468 g/mol. The quantitative estimate of drug-likeness (QED) is 0.212. The third-order valence-corrected chi connectivity index (χ3v) is 7.16. The van der Waals surface area contributed by atoms with Gasteiger partial charge in [-0.3, -0.25) is 4.79 Å². The number of thiazole rings is 1. The van der Waals surface area contributed by atoms with Crippen molar-refractivity contribution < 1.29 is 4.79 Å². The number of imidazole rings is 1. The van der Waals surface area contributed by atoms with Crippen LogP contribution in [0.4, 0.5) is 23.0 Å². The summed E-state index contributed by atoms with van der Waals surface area (Å²) in [6, 6.07) is 17.9. The Kier molecular flexibility index (Phi) is 6.61. The fourth-order valence-electron chi connectivity index (χ4n) is 4.49. The van der Waals surface area contributed by atoms with E-state index < -0.39 is 0 Å². The molecular formula is C28H30N6OS. The molecule has 36 heavy (non-hydrogen) atoms. The minimum Gasteiger partial charge on any atom is -0.371 e. The molecule has 2 aromatic heterocycles. The van der Waals surface area contributed by atoms with Gasteiger partial charge in [0.25, 0.3) is 5.91 Å². The van der Waals surface area contributed by atoms with Gasteiger partial charge in [-0.25, -0.2) is 9.97 Å². The van der Waals surface area contributed by atoms with Crippen LogP contribution in [0.3, 0.4) is 0 Å². The van der Waals surface area contributed by atoms with Crippen molar-refractivity contribution in [2.24, 2.45) is 0 Å². The summed E-state index contributed by atoms with van der Waals surface area (Å²) < 4.78 is 1.04. The highest BCUT2D eigenvalue weighted by atomic mass is 32.1. The number of para-hydroxylation sites is 1. The molecule has 1 amide bonds. The molecule has 5 aromatic rings. The van der Waals surface area contributed by atoms with E-state index in [0.29, 0.717) is 17.4 Å². The van der Waals surface area contributed by atoms with Gasteiger partial charge in [-0.05, 0) is 61.7 Å². The predicted molar refractivity (Wildman–Crippen MR) is 151 cm³/mol. The summed E-state index contributed by atoms with van der Waals surface area (Å²) in [5.41, 5.74) is 8.82. The summed E-state index contributed by atoms with van der Waals surface area (Å²) in [6.45, 7) is 10.1. The van der Waals surface area contributed by atoms with Crippen LogP contribution in [0, 0.1) is 0 Å². The van der Waals surface area contributed by atoms with Crippen molar-refractivity contribution in [3.05, 3.63) is 71.2 Å². The summed E-state index contributed by atoms with van der Waals surface area (Å²) in [5, 5.41) is 6.52. The first-order chi connectivity index (χ1) is 17.5. The Labute approximate surface area is 214 Å². The molecule has 0 aliphatic heterocycles. The fourth-order valence-corrected chi connectivity index (χ4v) is 5.20. The molecule has 0 atom stereocenters. The standard InChI is InChI=1S/C28H30N6OS/c1-5-34(6-2)25-15-24-23(32-28(33-24)31-21-10-8-7-9-19(21)17(3)4)14-20(25)27(35)30-18-11-12-22-26(13-18)36-16-29-22/h7-17H,5-6H2,1-4H3,(H,30,35)(H2,31,32,33). The number of amides is 1. The molecule has 3 N–H and O–H groups in total. The van der Waals surface area contributed by atoms with Crippen molar-refractivity contribution in [3.63, 3.8) is 0 Å². The summed E-state index contributed by atoms with van der Waals surface area (Å²) >= 11 is 1.56. The average molecular weight is 499 g/mol. The van der Waals surface area contributed by atoms with Gasteiger partial charge in [0.1, 0.15) is 0 Å². The minimum absolute atomic E-state index is 0.156. The highest BCUT2D eigenvalue weighted by molar-refractivity contribution is 7.16. The van der Waals surface area contributed by atoms with E-state index in [2.05, 4.69) is 65.3 Å². The topological polar surface area (TPSA) is 85.9 Å². The van der Waals surface area contributed by atoms with E-state index in [1.807, 2.05) is 48.0 Å². The zero-order valence-corrected chi connectivity index (χ0v) is 21.7. The molecule has 0 aliphatic rings. The number of aromatic amines is 1. The molecule has 2 heterocycles. The molecule has 0 saturated heterocycles. The van der Waals surface area contributed by atoms with Crippen molar-refractivity contribution in [3.8, 4) is 0 Å². The van der Waals surface area contributed by atoms with Gasteiger partial charge >= 0.3 is 0 Å². The van der Waals surface area contributed by atoms with Crippen LogP contribution in [0.25, 0.3) is 21.3 Å². The summed E-state index contributed by atoms with van der Waals surface area (Å²) in [4.78, 5) is 28.2. The normalized spacial score (nSPS) is 11.4. The molecule has 0 unspecified atom stereocenters. The molecule has 0 radical (unpaired) electrons. The van der Waals surface area contributed by atoms with Crippen molar-refractivity contribution in [2.45, 2.75) is 33.6 Å². The Hall–Kier alpha value is -3.91. The number of rotatable bonds is 8. The number of fused-ring (bicyclic) bond motifs is 2. The van der Waals surface area contributed by atoms with E-state index in [-0.39, 0.29) is 5.91 Å². The Balaban J connectivity index is 1.51. The highest BCUT2D eigenvalue weighted by Gasteiger charge is 2.19. The average Bonchev–Trinajstić information content (AvgIpc) is 3.50. The molecule has 7 nitrogen and oxygen atoms in total. The van der Waals surface area contributed by atoms with E-state index in [1.54, 1.807) is 11.3 Å². The van der Waals surface area contributed by atoms with Crippen molar-refractivity contribution in [1.29, 1.82) is 0 Å². The van der Waals surface area contributed by atoms with Crippen LogP contribution in [0.2, 0.25) is 0 Å². The molecule has 0 saturated carbocycles. The summed E-state index contributed by atoms with van der Waals surface area (Å²) in [6.07, 6.45) is 0. The van der Waals surface area contributed by atoms with Gasteiger partial charge in [-0.2, -0.15) is 0 Å². The van der Waals surface area contributed by atoms with Crippen molar-refractivity contribution in [1.82, 2.24) is 15.0 Å². The number of nitrogens with zero attached hydrogens (tertiary/aromatic N) is 3. The molecule has 0 bridgehead atoms. The second-order valence-electron chi connectivity index (χ2n) is 9.00. The maximum Gasteiger partial charge on any atom is 0.257 e. The maximum atomic E-state index is 13.5. The largest absolute Gasteiger partial charge is 0.371 e. The Morgan fingerprint density at radius 3 is 2.64 bits per heavy atom. The number of carbonyl (C=O) groups excluding carboxylic acids is 1. The lowest BCUT2D eigenvalue weighted by atomic mass is 10.0. The summed E-state index contributed by atoms with van der Waals surface area (Å²) in [5.74, 6) is 0.876. The zero-order chi connectivity index (χ0) is 25.2. The van der Waals surface area contributed by atoms with E-state index in [4.69, 9.17) is 4.98 Å². The molecule has 5 rings (SSSR count). The molecule has 3 aromatic carbocycles. The number of carbonyl (C=O) groups is 1. The van der Waals surface area contributed by atoms with Gasteiger partial charge in [-0.15, -0.1) is 11.3 Å². The fraction of sp³-hybridized carbons (Fsp3) is 0.250. The second kappa shape index (κ2) is 9.99. The van der Waals surface area contributed by atoms with Crippen LogP contribution >= 0.6 is 11.3 Å². The van der Waals surface area contributed by atoms with Gasteiger partial charge < -0.3 is 20.5 Å². The van der Waals surface area contributed by atoms with E-state index in [1.165, 1.54) is 5.56 Å². The first-order valence-corrected chi connectivity index (χ1v) is 13.1. The number of benzene rings is 3. The van der Waals surface area contributed by atoms with Crippen LogP contribution in [0.15, 0.2) is 60.1 Å². The van der Waals surface area contributed by atoms with Gasteiger partial charge in [-0.1, -0.05) is 32.0 Å². The van der Waals surface area contributed by atoms with Crippen molar-refractivity contribution in [2.75, 3.05) is 28.6 Å². The third-order valence-electron chi connectivity index (χ3n) is 6.37. The van der Waals surface area contributed by atoms with Crippen LogP contribution in [-0.2, 0) is 0 Å². The lowest BCUT2D eigenvalue weighted by Gasteiger charge is -2.23. The van der Waals surface area contributed by atoms with Crippen LogP contribution in [0.1, 0.15) is 49.5 Å². The number of aromatic nitrogens is 3. The monoisotopic (exact) mass is 498 g/mol. The maximum absolute atomic E-state index is 13.5. The van der Waals surface area contributed by atoms with Crippen LogP contribution < -0.4 is 15.5 Å². The Morgan fingerprint density at radius 1 is 1.06 bits per heavy atom. The Bertz CT molecular complexity index is 1530. The molecule has 0 spiro atoms. The lowest BCUT2D eigenvalue weighted by molar-refractivity contribution is 0.102. The van der Waals surface area contributed by atoms with E-state index in [0.717, 1.165) is 51.4 Å². The van der Waals surface area contributed by atoms with Gasteiger partial charge in [0.15, 0.2) is 0 Å². The molecule has 8 heteroatoms.